The normalized spacial score (nSPS) is 20.1. The van der Waals surface area contributed by atoms with Crippen LogP contribution in [0.25, 0.3) is 0 Å². The molecule has 0 atom stereocenters. The molecule has 0 bridgehead atoms. The molecule has 0 aromatic heterocycles. The molecule has 0 radical (unpaired) electrons. The predicted octanol–water partition coefficient (Wildman–Crippen LogP) is 3.19. The zero-order chi connectivity index (χ0) is 14.9. The third-order valence-corrected chi connectivity index (χ3v) is 4.74. The Kier molecular flexibility index (Phi) is 7.33. The topological polar surface area (TPSA) is 58.4 Å². The highest BCUT2D eigenvalue weighted by Gasteiger charge is 2.45. The van der Waals surface area contributed by atoms with Gasteiger partial charge in [0, 0.05) is 12.2 Å². The number of halogens is 2. The number of hydrogen-bond donors (Lipinski definition) is 2. The van der Waals surface area contributed by atoms with Crippen molar-refractivity contribution >= 4 is 36.4 Å². The maximum absolute atomic E-state index is 11.9. The van der Waals surface area contributed by atoms with Crippen LogP contribution in [0.2, 0.25) is 0 Å². The van der Waals surface area contributed by atoms with Crippen LogP contribution in [0.15, 0.2) is 24.3 Å². The zero-order valence-electron chi connectivity index (χ0n) is 13.6. The molecule has 4 nitrogen and oxygen atoms in total. The van der Waals surface area contributed by atoms with Crippen molar-refractivity contribution in [1.29, 1.82) is 0 Å². The monoisotopic (exact) mass is 359 g/mol. The Balaban J connectivity index is 0.00000132. The summed E-state index contributed by atoms with van der Waals surface area (Å²) in [6, 6.07) is 8.16. The molecule has 0 unspecified atom stereocenters. The molecular weight excluding hydrogens is 333 g/mol. The highest BCUT2D eigenvalue weighted by molar-refractivity contribution is 6.00. The molecule has 0 spiro atoms. The van der Waals surface area contributed by atoms with E-state index in [1.54, 1.807) is 0 Å². The van der Waals surface area contributed by atoms with E-state index in [2.05, 4.69) is 29.3 Å². The van der Waals surface area contributed by atoms with Crippen LogP contribution in [0.5, 0.6) is 0 Å². The number of carbonyl (C=O) groups is 1. The van der Waals surface area contributed by atoms with Crippen LogP contribution in [0.1, 0.15) is 38.2 Å². The molecule has 1 aliphatic heterocycles. The number of nitrogens with zero attached hydrogens (tertiary/aromatic N) is 1. The van der Waals surface area contributed by atoms with E-state index in [1.165, 1.54) is 31.5 Å². The van der Waals surface area contributed by atoms with Crippen molar-refractivity contribution in [3.63, 3.8) is 0 Å². The maximum atomic E-state index is 11.9. The highest BCUT2D eigenvalue weighted by Crippen LogP contribution is 2.33. The summed E-state index contributed by atoms with van der Waals surface area (Å²) in [7, 11) is 0. The SMILES string of the molecule is CC1CCN(Cc2ccc(NC(=O)C3(N)CC3)cc2)CC1.Cl.Cl. The number of carbonyl (C=O) groups excluding carboxylic acids is 1. The van der Waals surface area contributed by atoms with Crippen molar-refractivity contribution in [3.05, 3.63) is 29.8 Å². The molecule has 23 heavy (non-hydrogen) atoms. The van der Waals surface area contributed by atoms with E-state index >= 15 is 0 Å². The van der Waals surface area contributed by atoms with Crippen molar-refractivity contribution < 1.29 is 4.79 Å². The van der Waals surface area contributed by atoms with Crippen LogP contribution in [0, 0.1) is 5.92 Å². The fourth-order valence-corrected chi connectivity index (χ4v) is 2.79. The lowest BCUT2D eigenvalue weighted by atomic mass is 9.99. The lowest BCUT2D eigenvalue weighted by Crippen LogP contribution is -2.37. The number of amides is 1. The lowest BCUT2D eigenvalue weighted by molar-refractivity contribution is -0.118. The first-order valence-corrected chi connectivity index (χ1v) is 7.97. The molecule has 2 fully saturated rings. The number of likely N-dealkylation sites (tertiary alicyclic amines) is 1. The Morgan fingerprint density at radius 3 is 2.30 bits per heavy atom. The fraction of sp³-hybridized carbons (Fsp3) is 0.588. The molecule has 3 rings (SSSR count). The average Bonchev–Trinajstić information content (AvgIpc) is 3.23. The second-order valence-electron chi connectivity index (χ2n) is 6.77. The average molecular weight is 360 g/mol. The van der Waals surface area contributed by atoms with Crippen LogP contribution in [0.3, 0.4) is 0 Å². The van der Waals surface area contributed by atoms with Crippen LogP contribution in [-0.4, -0.2) is 29.4 Å². The van der Waals surface area contributed by atoms with Crippen molar-refractivity contribution in [3.8, 4) is 0 Å². The summed E-state index contributed by atoms with van der Waals surface area (Å²) in [5.41, 5.74) is 7.42. The summed E-state index contributed by atoms with van der Waals surface area (Å²) >= 11 is 0. The van der Waals surface area contributed by atoms with E-state index in [9.17, 15) is 4.79 Å². The molecule has 1 aliphatic carbocycles. The first kappa shape index (κ1) is 20.2. The van der Waals surface area contributed by atoms with Gasteiger partial charge >= 0.3 is 0 Å². The van der Waals surface area contributed by atoms with Gasteiger partial charge in [-0.15, -0.1) is 24.8 Å². The van der Waals surface area contributed by atoms with Crippen LogP contribution in [0.4, 0.5) is 5.69 Å². The summed E-state index contributed by atoms with van der Waals surface area (Å²) in [4.78, 5) is 14.4. The molecule has 1 aromatic carbocycles. The van der Waals surface area contributed by atoms with Gasteiger partial charge in [-0.3, -0.25) is 9.69 Å². The van der Waals surface area contributed by atoms with Crippen LogP contribution in [-0.2, 0) is 11.3 Å². The van der Waals surface area contributed by atoms with Gasteiger partial charge in [-0.05, 0) is 62.4 Å². The largest absolute Gasteiger partial charge is 0.324 e. The van der Waals surface area contributed by atoms with Gasteiger partial charge in [0.15, 0.2) is 0 Å². The van der Waals surface area contributed by atoms with Gasteiger partial charge in [-0.1, -0.05) is 19.1 Å². The van der Waals surface area contributed by atoms with E-state index in [0.717, 1.165) is 31.0 Å². The molecule has 1 amide bonds. The number of nitrogens with two attached hydrogens (primary N) is 1. The van der Waals surface area contributed by atoms with Crippen molar-refractivity contribution in [2.75, 3.05) is 18.4 Å². The Labute approximate surface area is 151 Å². The smallest absolute Gasteiger partial charge is 0.244 e. The quantitative estimate of drug-likeness (QED) is 0.867. The minimum Gasteiger partial charge on any atom is -0.324 e. The van der Waals surface area contributed by atoms with Gasteiger partial charge in [-0.2, -0.15) is 0 Å². The summed E-state index contributed by atoms with van der Waals surface area (Å²) in [6.45, 7) is 5.71. The molecule has 6 heteroatoms. The fourth-order valence-electron chi connectivity index (χ4n) is 2.79. The van der Waals surface area contributed by atoms with Gasteiger partial charge in [-0.25, -0.2) is 0 Å². The minimum atomic E-state index is -0.608. The lowest BCUT2D eigenvalue weighted by Gasteiger charge is -2.30. The summed E-state index contributed by atoms with van der Waals surface area (Å²) in [5, 5.41) is 2.90. The Morgan fingerprint density at radius 1 is 1.22 bits per heavy atom. The number of rotatable bonds is 4. The number of nitrogens with one attached hydrogen (secondary N) is 1. The van der Waals surface area contributed by atoms with Crippen LogP contribution < -0.4 is 11.1 Å². The third kappa shape index (κ3) is 5.35. The van der Waals surface area contributed by atoms with E-state index in [0.29, 0.717) is 0 Å². The maximum Gasteiger partial charge on any atom is 0.244 e. The van der Waals surface area contributed by atoms with Gasteiger partial charge < -0.3 is 11.1 Å². The summed E-state index contributed by atoms with van der Waals surface area (Å²) in [5.74, 6) is 0.810. The van der Waals surface area contributed by atoms with Gasteiger partial charge in [0.05, 0.1) is 5.54 Å². The van der Waals surface area contributed by atoms with E-state index in [1.807, 2.05) is 12.1 Å². The highest BCUT2D eigenvalue weighted by atomic mass is 35.5. The molecule has 1 saturated heterocycles. The van der Waals surface area contributed by atoms with Crippen LogP contribution >= 0.6 is 24.8 Å². The van der Waals surface area contributed by atoms with Gasteiger partial charge in [0.25, 0.3) is 0 Å². The second kappa shape index (κ2) is 8.34. The molecule has 3 N–H and O–H groups in total. The number of benzene rings is 1. The molecule has 1 aromatic rings. The first-order chi connectivity index (χ1) is 10.0. The molecule has 130 valence electrons. The zero-order valence-corrected chi connectivity index (χ0v) is 15.2. The van der Waals surface area contributed by atoms with E-state index in [4.69, 9.17) is 5.73 Å². The van der Waals surface area contributed by atoms with Crippen molar-refractivity contribution in [1.82, 2.24) is 4.90 Å². The number of piperidine rings is 1. The third-order valence-electron chi connectivity index (χ3n) is 4.74. The van der Waals surface area contributed by atoms with Crippen molar-refractivity contribution in [2.24, 2.45) is 11.7 Å². The molecule has 1 saturated carbocycles. The van der Waals surface area contributed by atoms with E-state index in [-0.39, 0.29) is 30.7 Å². The second-order valence-corrected chi connectivity index (χ2v) is 6.77. The van der Waals surface area contributed by atoms with Gasteiger partial charge in [0.1, 0.15) is 0 Å². The van der Waals surface area contributed by atoms with Gasteiger partial charge in [0.2, 0.25) is 5.91 Å². The Morgan fingerprint density at radius 2 is 1.78 bits per heavy atom. The Hall–Kier alpha value is -0.810. The van der Waals surface area contributed by atoms with Crippen molar-refractivity contribution in [2.45, 2.75) is 44.7 Å². The minimum absolute atomic E-state index is 0. The number of anilines is 1. The molecule has 2 aliphatic rings. The Bertz CT molecular complexity index is 509. The summed E-state index contributed by atoms with van der Waals surface area (Å²) < 4.78 is 0. The summed E-state index contributed by atoms with van der Waals surface area (Å²) in [6.07, 6.45) is 4.19. The molecular formula is C17H27Cl2N3O. The first-order valence-electron chi connectivity index (χ1n) is 7.97. The standard InChI is InChI=1S/C17H25N3O.2ClH/c1-13-6-10-20(11-7-13)12-14-2-4-15(5-3-14)19-16(21)17(18)8-9-17;;/h2-5,13H,6-12,18H2,1H3,(H,19,21);2*1H. The van der Waals surface area contributed by atoms with E-state index < -0.39 is 5.54 Å². The predicted molar refractivity (Wildman–Crippen MR) is 99.4 cm³/mol. The molecule has 1 heterocycles. The number of hydrogen-bond acceptors (Lipinski definition) is 3.